The maximum absolute atomic E-state index is 17.8. The number of anilines is 1. The monoisotopic (exact) mass is 783 g/mol. The maximum Gasteiger partial charge on any atom is 0.319 e. The Hall–Kier alpha value is -4.68. The van der Waals surface area contributed by atoms with Crippen molar-refractivity contribution in [2.45, 2.75) is 62.9 Å². The molecule has 1 N–H and O–H groups in total. The Labute approximate surface area is 329 Å². The fraction of sp³-hybridized carbons (Fsp3) is 0.512. The third-order valence-corrected chi connectivity index (χ3v) is 12.6. The van der Waals surface area contributed by atoms with Gasteiger partial charge in [0.1, 0.15) is 34.6 Å². The predicted octanol–water partition coefficient (Wildman–Crippen LogP) is 6.21. The van der Waals surface area contributed by atoms with Crippen LogP contribution in [0.15, 0.2) is 30.5 Å². The van der Waals surface area contributed by atoms with Crippen LogP contribution >= 0.6 is 0 Å². The van der Waals surface area contributed by atoms with E-state index in [-0.39, 0.29) is 63.0 Å². The van der Waals surface area contributed by atoms with E-state index in [4.69, 9.17) is 35.7 Å². The van der Waals surface area contributed by atoms with Crippen LogP contribution in [-0.4, -0.2) is 126 Å². The Bertz CT molecular complexity index is 2380. The zero-order valence-electron chi connectivity index (χ0n) is 32.6. The molecule has 2 aromatic heterocycles. The van der Waals surface area contributed by atoms with Crippen molar-refractivity contribution in [2.24, 2.45) is 12.5 Å². The third-order valence-electron chi connectivity index (χ3n) is 12.6. The van der Waals surface area contributed by atoms with Crippen molar-refractivity contribution in [1.29, 1.82) is 0 Å². The van der Waals surface area contributed by atoms with Crippen molar-refractivity contribution >= 4 is 38.4 Å². The molecule has 9 rings (SSSR count). The molecule has 57 heavy (non-hydrogen) atoms. The lowest BCUT2D eigenvalue weighted by atomic mass is 9.91. The number of benzene rings is 3. The van der Waals surface area contributed by atoms with Gasteiger partial charge in [-0.1, -0.05) is 12.0 Å². The molecule has 2 bridgehead atoms. The van der Waals surface area contributed by atoms with Crippen LogP contribution < -0.4 is 9.64 Å². The average molecular weight is 784 g/mol. The average Bonchev–Trinajstić information content (AvgIpc) is 3.76. The minimum Gasteiger partial charge on any atom is -0.508 e. The summed E-state index contributed by atoms with van der Waals surface area (Å²) < 4.78 is 66.7. The zero-order valence-corrected chi connectivity index (χ0v) is 32.6. The Balaban J connectivity index is 1.18. The van der Waals surface area contributed by atoms with E-state index in [0.717, 1.165) is 58.3 Å². The lowest BCUT2D eigenvalue weighted by molar-refractivity contribution is -0.0281. The number of hydrogen-bond donors (Lipinski definition) is 1. The van der Waals surface area contributed by atoms with E-state index >= 15 is 8.78 Å². The van der Waals surface area contributed by atoms with Gasteiger partial charge in [0.25, 0.3) is 0 Å². The number of aromatic nitrogens is 4. The number of terminal acetylenes is 1. The van der Waals surface area contributed by atoms with E-state index < -0.39 is 17.8 Å². The molecule has 0 radical (unpaired) electrons. The van der Waals surface area contributed by atoms with E-state index in [0.29, 0.717) is 60.2 Å². The second-order valence-electron chi connectivity index (χ2n) is 16.5. The molecule has 300 valence electrons. The van der Waals surface area contributed by atoms with Crippen molar-refractivity contribution < 1.29 is 32.5 Å². The molecule has 1 saturated carbocycles. The van der Waals surface area contributed by atoms with Gasteiger partial charge in [-0.15, -0.1) is 6.42 Å². The van der Waals surface area contributed by atoms with Crippen molar-refractivity contribution in [3.63, 3.8) is 0 Å². The lowest BCUT2D eigenvalue weighted by Crippen LogP contribution is -2.54. The minimum atomic E-state index is -1.05. The number of piperidine rings is 1. The first-order valence-corrected chi connectivity index (χ1v) is 19.9. The molecule has 0 spiro atoms. The van der Waals surface area contributed by atoms with Gasteiger partial charge in [-0.25, -0.2) is 13.2 Å². The molecular formula is C43H48F3N7O4. The highest BCUT2D eigenvalue weighted by Gasteiger charge is 2.47. The second kappa shape index (κ2) is 14.9. The van der Waals surface area contributed by atoms with Crippen LogP contribution in [0.5, 0.6) is 11.8 Å². The van der Waals surface area contributed by atoms with Crippen LogP contribution in [-0.2, 0) is 16.5 Å². The number of alkyl halides is 1. The topological polar surface area (TPSA) is 101 Å². The number of fused-ring (bicyclic) bond motifs is 6. The highest BCUT2D eigenvalue weighted by atomic mass is 19.1. The van der Waals surface area contributed by atoms with Gasteiger partial charge in [-0.05, 0) is 67.7 Å². The molecule has 3 aliphatic heterocycles. The van der Waals surface area contributed by atoms with Gasteiger partial charge in [-0.3, -0.25) is 14.5 Å². The summed E-state index contributed by atoms with van der Waals surface area (Å²) in [6.45, 7) is 5.28. The summed E-state index contributed by atoms with van der Waals surface area (Å²) in [5.74, 6) is 1.57. The van der Waals surface area contributed by atoms with Gasteiger partial charge in [0.05, 0.1) is 23.7 Å². The number of hydrogen-bond acceptors (Lipinski definition) is 10. The first-order chi connectivity index (χ1) is 27.6. The number of phenolic OH excluding ortho intramolecular Hbond substituents is 1. The van der Waals surface area contributed by atoms with E-state index in [9.17, 15) is 9.50 Å². The van der Waals surface area contributed by atoms with Gasteiger partial charge < -0.3 is 24.2 Å². The van der Waals surface area contributed by atoms with E-state index in [2.05, 4.69) is 20.6 Å². The molecule has 0 amide bonds. The lowest BCUT2D eigenvalue weighted by Gasteiger charge is -2.42. The number of phenols is 1. The molecule has 14 heteroatoms. The third kappa shape index (κ3) is 6.82. The highest BCUT2D eigenvalue weighted by molar-refractivity contribution is 6.18. The summed E-state index contributed by atoms with van der Waals surface area (Å²) >= 11 is 0. The van der Waals surface area contributed by atoms with Crippen LogP contribution in [0.4, 0.5) is 19.0 Å². The Morgan fingerprint density at radius 2 is 1.79 bits per heavy atom. The van der Waals surface area contributed by atoms with Gasteiger partial charge >= 0.3 is 6.01 Å². The SMILES string of the molecule is C#Cc1c(F)ccc2cc(O)cc(-c3c(F)c4nc(OCC5(CN6CC[C@@H](OC)[C@@H](F)C6)CC5)nc(N5C6CCC5CN(CCCOC)C6)c4c4cn(C)nc34)c12. The standard InChI is InChI=1S/C43H48F3N7O4/c1-5-29-32(44)10-7-25-17-28(54)18-30(35(25)29)36-38(46)40-37(31-21-50(2)49-39(31)36)41(53-26-8-9-27(53)20-51(19-26)14-6-16-55-3)48-42(47-40)57-24-43(12-13-43)23-52-15-11-34(56-4)33(45)22-52/h1,7,10,17-18,21,26-27,33-34,54H,6,8-9,11-16,19-20,22-24H2,2-4H3/t26?,27?,33-,34+/m0/s1. The zero-order chi connectivity index (χ0) is 39.6. The number of halogens is 3. The number of rotatable bonds is 12. The summed E-state index contributed by atoms with van der Waals surface area (Å²) in [6.07, 6.45) is 11.5. The fourth-order valence-electron chi connectivity index (χ4n) is 9.70. The summed E-state index contributed by atoms with van der Waals surface area (Å²) in [4.78, 5) is 16.9. The number of nitrogens with zero attached hydrogens (tertiary/aromatic N) is 7. The molecule has 4 atom stereocenters. The van der Waals surface area contributed by atoms with Gasteiger partial charge in [0.15, 0.2) is 5.82 Å². The number of ether oxygens (including phenoxy) is 3. The number of piperazine rings is 1. The molecule has 3 aromatic carbocycles. The largest absolute Gasteiger partial charge is 0.508 e. The molecule has 11 nitrogen and oxygen atoms in total. The number of aryl methyl sites for hydroxylation is 1. The van der Waals surface area contributed by atoms with E-state index in [1.165, 1.54) is 24.3 Å². The van der Waals surface area contributed by atoms with Gasteiger partial charge in [-0.2, -0.15) is 15.1 Å². The van der Waals surface area contributed by atoms with Gasteiger partial charge in [0.2, 0.25) is 0 Å². The Morgan fingerprint density at radius 3 is 2.49 bits per heavy atom. The van der Waals surface area contributed by atoms with Crippen molar-refractivity contribution in [3.8, 4) is 35.2 Å². The molecule has 4 aliphatic rings. The molecule has 5 heterocycles. The van der Waals surface area contributed by atoms with Crippen LogP contribution in [0.3, 0.4) is 0 Å². The quantitative estimate of drug-likeness (QED) is 0.116. The van der Waals surface area contributed by atoms with Gasteiger partial charge in [0, 0.05) is 107 Å². The summed E-state index contributed by atoms with van der Waals surface area (Å²) in [7, 11) is 5.04. The minimum absolute atomic E-state index is 0.0364. The summed E-state index contributed by atoms with van der Waals surface area (Å²) in [5.41, 5.74) is 0.354. The smallest absolute Gasteiger partial charge is 0.319 e. The molecule has 5 aromatic rings. The summed E-state index contributed by atoms with van der Waals surface area (Å²) in [6, 6.07) is 5.94. The number of methoxy groups -OCH3 is 2. The summed E-state index contributed by atoms with van der Waals surface area (Å²) in [5, 5.41) is 17.6. The molecule has 2 unspecified atom stereocenters. The molecular weight excluding hydrogens is 736 g/mol. The number of likely N-dealkylation sites (tertiary alicyclic amines) is 2. The number of aromatic hydroxyl groups is 1. The first-order valence-electron chi connectivity index (χ1n) is 19.9. The molecule has 4 fully saturated rings. The maximum atomic E-state index is 17.8. The predicted molar refractivity (Wildman–Crippen MR) is 212 cm³/mol. The molecule has 3 saturated heterocycles. The normalized spacial score (nSPS) is 23.5. The Morgan fingerprint density at radius 1 is 1.00 bits per heavy atom. The fourth-order valence-corrected chi connectivity index (χ4v) is 9.70. The van der Waals surface area contributed by atoms with Crippen LogP contribution in [0.25, 0.3) is 43.7 Å². The van der Waals surface area contributed by atoms with Crippen molar-refractivity contribution in [3.05, 3.63) is 47.7 Å². The van der Waals surface area contributed by atoms with Crippen LogP contribution in [0.2, 0.25) is 0 Å². The van der Waals surface area contributed by atoms with Crippen molar-refractivity contribution in [2.75, 3.05) is 71.6 Å². The van der Waals surface area contributed by atoms with Crippen molar-refractivity contribution in [1.82, 2.24) is 29.5 Å². The second-order valence-corrected chi connectivity index (χ2v) is 16.5. The van der Waals surface area contributed by atoms with E-state index in [1.54, 1.807) is 25.9 Å². The first kappa shape index (κ1) is 37.9. The molecule has 1 aliphatic carbocycles. The Kier molecular flexibility index (Phi) is 9.91. The van der Waals surface area contributed by atoms with E-state index in [1.807, 2.05) is 6.20 Å². The highest BCUT2D eigenvalue weighted by Crippen LogP contribution is 2.49. The van der Waals surface area contributed by atoms with Crippen LogP contribution in [0, 0.1) is 29.4 Å². The van der Waals surface area contributed by atoms with Crippen LogP contribution in [0.1, 0.15) is 44.1 Å².